The van der Waals surface area contributed by atoms with Crippen LogP contribution >= 0.6 is 11.5 Å². The molecular weight excluding hydrogens is 252 g/mol. The van der Waals surface area contributed by atoms with Gasteiger partial charge in [-0.05, 0) is 31.8 Å². The van der Waals surface area contributed by atoms with Gasteiger partial charge in [0.05, 0.1) is 11.5 Å². The van der Waals surface area contributed by atoms with Crippen LogP contribution in [0.3, 0.4) is 0 Å². The Bertz CT molecular complexity index is 615. The summed E-state index contributed by atoms with van der Waals surface area (Å²) in [5, 5.41) is 4.13. The summed E-state index contributed by atoms with van der Waals surface area (Å²) < 4.78 is 14.6. The zero-order chi connectivity index (χ0) is 12.7. The van der Waals surface area contributed by atoms with Gasteiger partial charge in [-0.15, -0.1) is 5.10 Å². The number of hydrogen-bond acceptors (Lipinski definition) is 6. The van der Waals surface area contributed by atoms with E-state index in [-0.39, 0.29) is 0 Å². The van der Waals surface area contributed by atoms with Crippen LogP contribution < -0.4 is 0 Å². The Kier molecular flexibility index (Phi) is 2.66. The number of furan rings is 1. The minimum atomic E-state index is -0.408. The highest BCUT2D eigenvalue weighted by Crippen LogP contribution is 2.39. The minimum Gasteiger partial charge on any atom is -0.460 e. The van der Waals surface area contributed by atoms with Crippen molar-refractivity contribution in [3.63, 3.8) is 0 Å². The fraction of sp³-hybridized carbons (Fsp3) is 0.417. The lowest BCUT2D eigenvalue weighted by Crippen LogP contribution is -2.04. The summed E-state index contributed by atoms with van der Waals surface area (Å²) in [5.41, 5.74) is 2.59. The summed E-state index contributed by atoms with van der Waals surface area (Å²) in [4.78, 5) is 12.9. The van der Waals surface area contributed by atoms with E-state index in [2.05, 4.69) is 9.59 Å². The van der Waals surface area contributed by atoms with Gasteiger partial charge in [-0.25, -0.2) is 4.79 Å². The van der Waals surface area contributed by atoms with Crippen LogP contribution in [-0.4, -0.2) is 22.2 Å². The minimum absolute atomic E-state index is 0.294. The zero-order valence-electron chi connectivity index (χ0n) is 10.1. The molecule has 0 amide bonds. The Morgan fingerprint density at radius 2 is 2.33 bits per heavy atom. The fourth-order valence-corrected chi connectivity index (χ4v) is 2.88. The van der Waals surface area contributed by atoms with Gasteiger partial charge in [0.1, 0.15) is 11.5 Å². The van der Waals surface area contributed by atoms with Crippen molar-refractivity contribution in [2.45, 2.75) is 26.7 Å². The number of hydrogen-bond donors (Lipinski definition) is 0. The average Bonchev–Trinajstić information content (AvgIpc) is 2.93. The second-order valence-electron chi connectivity index (χ2n) is 4.12. The van der Waals surface area contributed by atoms with Gasteiger partial charge >= 0.3 is 5.97 Å². The first-order valence-electron chi connectivity index (χ1n) is 5.83. The van der Waals surface area contributed by atoms with E-state index in [9.17, 15) is 4.79 Å². The van der Waals surface area contributed by atoms with Crippen molar-refractivity contribution in [3.05, 3.63) is 22.0 Å². The van der Waals surface area contributed by atoms with Gasteiger partial charge in [-0.3, -0.25) is 0 Å². The molecule has 0 spiro atoms. The summed E-state index contributed by atoms with van der Waals surface area (Å²) >= 11 is 1.41. The second kappa shape index (κ2) is 4.20. The van der Waals surface area contributed by atoms with Gasteiger partial charge in [0.25, 0.3) is 0 Å². The largest absolute Gasteiger partial charge is 0.460 e. The van der Waals surface area contributed by atoms with Crippen molar-refractivity contribution in [3.8, 4) is 11.3 Å². The standard InChI is InChI=1S/C12H12N2O3S/c1-3-16-12(15)11-6(2)9-7(17-11)4-5-8-10(9)13-14-18-8/h3-5H2,1-2H3. The van der Waals surface area contributed by atoms with Gasteiger partial charge in [0.15, 0.2) is 0 Å². The molecule has 0 aromatic carbocycles. The zero-order valence-corrected chi connectivity index (χ0v) is 11.0. The number of carbonyl (C=O) groups excluding carboxylic acids is 1. The normalized spacial score (nSPS) is 13.0. The van der Waals surface area contributed by atoms with E-state index in [0.29, 0.717) is 12.4 Å². The van der Waals surface area contributed by atoms with Crippen molar-refractivity contribution in [2.75, 3.05) is 6.61 Å². The van der Waals surface area contributed by atoms with Crippen LogP contribution in [0.15, 0.2) is 4.42 Å². The van der Waals surface area contributed by atoms with Crippen molar-refractivity contribution < 1.29 is 13.9 Å². The summed E-state index contributed by atoms with van der Waals surface area (Å²) in [5.74, 6) is 0.701. The Balaban J connectivity index is 2.12. The first kappa shape index (κ1) is 11.4. The summed E-state index contributed by atoms with van der Waals surface area (Å²) in [6.45, 7) is 3.98. The molecule has 1 aliphatic rings. The third kappa shape index (κ3) is 1.56. The van der Waals surface area contributed by atoms with E-state index >= 15 is 0 Å². The molecule has 6 heteroatoms. The van der Waals surface area contributed by atoms with Crippen molar-refractivity contribution in [1.82, 2.24) is 9.59 Å². The number of aryl methyl sites for hydroxylation is 2. The molecule has 18 heavy (non-hydrogen) atoms. The molecule has 0 unspecified atom stereocenters. The van der Waals surface area contributed by atoms with Crippen molar-refractivity contribution in [1.29, 1.82) is 0 Å². The van der Waals surface area contributed by atoms with E-state index in [4.69, 9.17) is 9.15 Å². The third-order valence-corrected chi connectivity index (χ3v) is 3.83. The SMILES string of the molecule is CCOC(=O)c1oc2c(c1C)-c1nnsc1CC2. The van der Waals surface area contributed by atoms with Crippen LogP contribution in [-0.2, 0) is 17.6 Å². The Morgan fingerprint density at radius 1 is 1.50 bits per heavy atom. The molecule has 1 aliphatic carbocycles. The molecule has 0 saturated carbocycles. The van der Waals surface area contributed by atoms with Crippen LogP contribution in [0.5, 0.6) is 0 Å². The molecule has 0 saturated heterocycles. The van der Waals surface area contributed by atoms with Gasteiger partial charge in [-0.2, -0.15) is 0 Å². The Morgan fingerprint density at radius 3 is 3.11 bits per heavy atom. The van der Waals surface area contributed by atoms with E-state index in [1.807, 2.05) is 6.92 Å². The van der Waals surface area contributed by atoms with Crippen LogP contribution in [0.4, 0.5) is 0 Å². The van der Waals surface area contributed by atoms with Crippen LogP contribution in [0.25, 0.3) is 11.3 Å². The summed E-state index contributed by atoms with van der Waals surface area (Å²) in [6, 6.07) is 0. The molecule has 5 nitrogen and oxygen atoms in total. The number of fused-ring (bicyclic) bond motifs is 3. The molecule has 0 N–H and O–H groups in total. The molecule has 2 aromatic rings. The van der Waals surface area contributed by atoms with Gasteiger partial charge < -0.3 is 9.15 Å². The van der Waals surface area contributed by atoms with Gasteiger partial charge in [0, 0.05) is 17.5 Å². The van der Waals surface area contributed by atoms with Gasteiger partial charge in [-0.1, -0.05) is 4.49 Å². The maximum absolute atomic E-state index is 11.8. The predicted molar refractivity (Wildman–Crippen MR) is 65.7 cm³/mol. The lowest BCUT2D eigenvalue weighted by atomic mass is 9.97. The number of nitrogens with zero attached hydrogens (tertiary/aromatic N) is 2. The predicted octanol–water partition coefficient (Wildman–Crippen LogP) is 2.38. The number of ether oxygens (including phenoxy) is 1. The monoisotopic (exact) mass is 264 g/mol. The number of aromatic nitrogens is 2. The lowest BCUT2D eigenvalue weighted by molar-refractivity contribution is 0.0487. The number of esters is 1. The molecule has 0 atom stereocenters. The van der Waals surface area contributed by atoms with Crippen LogP contribution in [0.1, 0.15) is 33.7 Å². The van der Waals surface area contributed by atoms with E-state index in [1.54, 1.807) is 6.92 Å². The quantitative estimate of drug-likeness (QED) is 0.779. The van der Waals surface area contributed by atoms with Crippen LogP contribution in [0, 0.1) is 6.92 Å². The average molecular weight is 264 g/mol. The highest BCUT2D eigenvalue weighted by atomic mass is 32.1. The lowest BCUT2D eigenvalue weighted by Gasteiger charge is -2.07. The topological polar surface area (TPSA) is 65.2 Å². The Labute approximate surface area is 108 Å². The smallest absolute Gasteiger partial charge is 0.374 e. The van der Waals surface area contributed by atoms with E-state index < -0.39 is 5.97 Å². The molecule has 0 aliphatic heterocycles. The van der Waals surface area contributed by atoms with Crippen molar-refractivity contribution in [2.24, 2.45) is 0 Å². The molecule has 94 valence electrons. The second-order valence-corrected chi connectivity index (χ2v) is 4.96. The Hall–Kier alpha value is -1.69. The first-order valence-corrected chi connectivity index (χ1v) is 6.60. The molecule has 3 rings (SSSR count). The fourth-order valence-electron chi connectivity index (χ4n) is 2.24. The van der Waals surface area contributed by atoms with Crippen molar-refractivity contribution >= 4 is 17.5 Å². The maximum Gasteiger partial charge on any atom is 0.374 e. The summed E-state index contributed by atoms with van der Waals surface area (Å²) in [7, 11) is 0. The van der Waals surface area contributed by atoms with Gasteiger partial charge in [0.2, 0.25) is 5.76 Å². The molecular formula is C12H12N2O3S. The highest BCUT2D eigenvalue weighted by molar-refractivity contribution is 7.06. The third-order valence-electron chi connectivity index (χ3n) is 3.05. The molecule has 0 bridgehead atoms. The first-order chi connectivity index (χ1) is 8.72. The molecule has 0 fully saturated rings. The maximum atomic E-state index is 11.8. The molecule has 0 radical (unpaired) electrons. The molecule has 2 heterocycles. The molecule has 2 aromatic heterocycles. The van der Waals surface area contributed by atoms with Crippen LogP contribution in [0.2, 0.25) is 0 Å². The van der Waals surface area contributed by atoms with E-state index in [0.717, 1.165) is 40.3 Å². The number of rotatable bonds is 2. The van der Waals surface area contributed by atoms with E-state index in [1.165, 1.54) is 11.5 Å². The summed E-state index contributed by atoms with van der Waals surface area (Å²) in [6.07, 6.45) is 1.65. The highest BCUT2D eigenvalue weighted by Gasteiger charge is 2.30. The number of carbonyl (C=O) groups is 1.